The summed E-state index contributed by atoms with van der Waals surface area (Å²) in [6.45, 7) is 4.51. The number of aryl methyl sites for hydroxylation is 1. The average Bonchev–Trinajstić information content (AvgIpc) is 2.98. The van der Waals surface area contributed by atoms with Crippen molar-refractivity contribution in [3.8, 4) is 0 Å². The number of imidazole rings is 1. The van der Waals surface area contributed by atoms with Crippen LogP contribution in [0.4, 0.5) is 5.69 Å². The van der Waals surface area contributed by atoms with Crippen molar-refractivity contribution in [2.45, 2.75) is 50.6 Å². The second kappa shape index (κ2) is 6.35. The van der Waals surface area contributed by atoms with Gasteiger partial charge in [-0.1, -0.05) is 24.6 Å². The van der Waals surface area contributed by atoms with Gasteiger partial charge in [-0.15, -0.1) is 0 Å². The molecule has 0 saturated heterocycles. The van der Waals surface area contributed by atoms with Crippen LogP contribution in [-0.2, 0) is 16.4 Å². The summed E-state index contributed by atoms with van der Waals surface area (Å²) >= 11 is 0. The van der Waals surface area contributed by atoms with Gasteiger partial charge in [-0.2, -0.15) is 8.42 Å². The lowest BCUT2D eigenvalue weighted by Gasteiger charge is -2.27. The molecule has 0 amide bonds. The Labute approximate surface area is 138 Å². The number of sulfonamides is 1. The maximum absolute atomic E-state index is 13.1. The molecule has 6 heteroatoms. The Balaban J connectivity index is 2.04. The zero-order chi connectivity index (χ0) is 16.4. The van der Waals surface area contributed by atoms with Gasteiger partial charge in [-0.25, -0.2) is 4.98 Å². The Hall–Kier alpha value is -1.82. The standard InChI is InChI=1S/C17H23N3O2S/c1-14(2)19-12-17(18-13-19)23(21,22)20-11-7-3-4-8-15-9-5-6-10-16(15)20/h5-6,9-10,12-14H,3-4,7-8,11H2,1-2H3. The van der Waals surface area contributed by atoms with E-state index in [1.54, 1.807) is 12.5 Å². The minimum absolute atomic E-state index is 0.126. The van der Waals surface area contributed by atoms with E-state index < -0.39 is 10.0 Å². The third-order valence-corrected chi connectivity index (χ3v) is 6.00. The highest BCUT2D eigenvalue weighted by atomic mass is 32.2. The molecule has 0 aliphatic carbocycles. The quantitative estimate of drug-likeness (QED) is 0.865. The third kappa shape index (κ3) is 3.13. The lowest BCUT2D eigenvalue weighted by Crippen LogP contribution is -2.33. The Morgan fingerprint density at radius 1 is 1.13 bits per heavy atom. The number of aromatic nitrogens is 2. The van der Waals surface area contributed by atoms with Crippen molar-refractivity contribution < 1.29 is 8.42 Å². The first kappa shape index (κ1) is 16.1. The van der Waals surface area contributed by atoms with Gasteiger partial charge in [0.1, 0.15) is 0 Å². The summed E-state index contributed by atoms with van der Waals surface area (Å²) in [5.41, 5.74) is 1.89. The van der Waals surface area contributed by atoms with Crippen molar-refractivity contribution in [2.75, 3.05) is 10.8 Å². The predicted octanol–water partition coefficient (Wildman–Crippen LogP) is 3.39. The van der Waals surface area contributed by atoms with E-state index in [4.69, 9.17) is 0 Å². The maximum Gasteiger partial charge on any atom is 0.283 e. The summed E-state index contributed by atoms with van der Waals surface area (Å²) < 4.78 is 29.6. The number of fused-ring (bicyclic) bond motifs is 1. The number of anilines is 1. The van der Waals surface area contributed by atoms with Crippen LogP contribution in [0.15, 0.2) is 41.8 Å². The highest BCUT2D eigenvalue weighted by Gasteiger charge is 2.29. The molecule has 0 fully saturated rings. The molecule has 23 heavy (non-hydrogen) atoms. The van der Waals surface area contributed by atoms with E-state index in [1.807, 2.05) is 42.7 Å². The van der Waals surface area contributed by atoms with Crippen LogP contribution in [-0.4, -0.2) is 24.5 Å². The van der Waals surface area contributed by atoms with Crippen molar-refractivity contribution >= 4 is 15.7 Å². The van der Waals surface area contributed by atoms with E-state index in [2.05, 4.69) is 4.98 Å². The van der Waals surface area contributed by atoms with E-state index in [0.717, 1.165) is 36.9 Å². The molecular formula is C17H23N3O2S. The van der Waals surface area contributed by atoms with Crippen LogP contribution in [0.2, 0.25) is 0 Å². The van der Waals surface area contributed by atoms with Gasteiger partial charge in [0.2, 0.25) is 0 Å². The molecule has 124 valence electrons. The Bertz CT molecular complexity index is 781. The van der Waals surface area contributed by atoms with Crippen LogP contribution in [0.5, 0.6) is 0 Å². The van der Waals surface area contributed by atoms with Crippen molar-refractivity contribution in [3.63, 3.8) is 0 Å². The van der Waals surface area contributed by atoms with Gasteiger partial charge in [0.15, 0.2) is 5.03 Å². The Morgan fingerprint density at radius 3 is 2.65 bits per heavy atom. The van der Waals surface area contributed by atoms with Crippen LogP contribution in [0.1, 0.15) is 44.7 Å². The molecule has 0 saturated carbocycles. The van der Waals surface area contributed by atoms with Gasteiger partial charge in [0.05, 0.1) is 12.0 Å². The van der Waals surface area contributed by atoms with E-state index in [1.165, 1.54) is 4.31 Å². The van der Waals surface area contributed by atoms with Crippen molar-refractivity contribution in [1.29, 1.82) is 0 Å². The van der Waals surface area contributed by atoms with E-state index in [9.17, 15) is 8.42 Å². The monoisotopic (exact) mass is 333 g/mol. The first-order valence-corrected chi connectivity index (χ1v) is 9.58. The smallest absolute Gasteiger partial charge is 0.283 e. The number of benzene rings is 1. The highest BCUT2D eigenvalue weighted by Crippen LogP contribution is 2.30. The van der Waals surface area contributed by atoms with Gasteiger partial charge in [0.25, 0.3) is 10.0 Å². The summed E-state index contributed by atoms with van der Waals surface area (Å²) in [6, 6.07) is 7.98. The van der Waals surface area contributed by atoms with Crippen molar-refractivity contribution in [3.05, 3.63) is 42.4 Å². The molecule has 0 atom stereocenters. The Morgan fingerprint density at radius 2 is 1.91 bits per heavy atom. The minimum atomic E-state index is -3.63. The molecule has 3 rings (SSSR count). The molecule has 1 aromatic heterocycles. The number of hydrogen-bond acceptors (Lipinski definition) is 3. The van der Waals surface area contributed by atoms with Gasteiger partial charge in [-0.3, -0.25) is 4.31 Å². The molecule has 5 nitrogen and oxygen atoms in total. The predicted molar refractivity (Wildman–Crippen MR) is 91.1 cm³/mol. The summed E-state index contributed by atoms with van der Waals surface area (Å²) in [5.74, 6) is 0. The van der Waals surface area contributed by atoms with Gasteiger partial charge >= 0.3 is 0 Å². The summed E-state index contributed by atoms with van der Waals surface area (Å²) in [6.07, 6.45) is 7.16. The number of hydrogen-bond donors (Lipinski definition) is 0. The summed E-state index contributed by atoms with van der Waals surface area (Å²) in [4.78, 5) is 4.14. The summed E-state index contributed by atoms with van der Waals surface area (Å²) in [7, 11) is -3.63. The fourth-order valence-electron chi connectivity index (χ4n) is 2.93. The second-order valence-electron chi connectivity index (χ2n) is 6.27. The molecular weight excluding hydrogens is 310 g/mol. The van der Waals surface area contributed by atoms with E-state index in [0.29, 0.717) is 6.54 Å². The largest absolute Gasteiger partial charge is 0.334 e. The molecule has 0 spiro atoms. The topological polar surface area (TPSA) is 55.2 Å². The third-order valence-electron chi connectivity index (χ3n) is 4.30. The van der Waals surface area contributed by atoms with E-state index >= 15 is 0 Å². The molecule has 2 heterocycles. The fraction of sp³-hybridized carbons (Fsp3) is 0.471. The fourth-order valence-corrected chi connectivity index (χ4v) is 4.40. The lowest BCUT2D eigenvalue weighted by atomic mass is 10.0. The minimum Gasteiger partial charge on any atom is -0.334 e. The highest BCUT2D eigenvalue weighted by molar-refractivity contribution is 7.92. The van der Waals surface area contributed by atoms with Crippen LogP contribution in [0.3, 0.4) is 0 Å². The first-order chi connectivity index (χ1) is 11.0. The summed E-state index contributed by atoms with van der Waals surface area (Å²) in [5, 5.41) is 0.126. The van der Waals surface area contributed by atoms with Crippen LogP contribution in [0, 0.1) is 0 Å². The van der Waals surface area contributed by atoms with Crippen LogP contribution >= 0.6 is 0 Å². The van der Waals surface area contributed by atoms with Crippen molar-refractivity contribution in [2.24, 2.45) is 0 Å². The molecule has 1 aliphatic rings. The van der Waals surface area contributed by atoms with Gasteiger partial charge in [-0.05, 0) is 44.7 Å². The maximum atomic E-state index is 13.1. The van der Waals surface area contributed by atoms with Gasteiger partial charge < -0.3 is 4.57 Å². The zero-order valence-electron chi connectivity index (χ0n) is 13.6. The molecule has 1 aromatic carbocycles. The van der Waals surface area contributed by atoms with Crippen LogP contribution < -0.4 is 4.31 Å². The molecule has 0 bridgehead atoms. The molecule has 0 unspecified atom stereocenters. The number of rotatable bonds is 3. The number of nitrogens with zero attached hydrogens (tertiary/aromatic N) is 3. The first-order valence-electron chi connectivity index (χ1n) is 8.14. The van der Waals surface area contributed by atoms with Crippen LogP contribution in [0.25, 0.3) is 0 Å². The van der Waals surface area contributed by atoms with E-state index in [-0.39, 0.29) is 11.1 Å². The molecule has 0 radical (unpaired) electrons. The SMILES string of the molecule is CC(C)n1cnc(S(=O)(=O)N2CCCCCc3ccccc32)c1. The van der Waals surface area contributed by atoms with Gasteiger partial charge in [0, 0.05) is 18.8 Å². The Kier molecular flexibility index (Phi) is 4.43. The average molecular weight is 333 g/mol. The molecule has 0 N–H and O–H groups in total. The molecule has 1 aliphatic heterocycles. The number of para-hydroxylation sites is 1. The zero-order valence-corrected chi connectivity index (χ0v) is 14.5. The lowest BCUT2D eigenvalue weighted by molar-refractivity contribution is 0.578. The second-order valence-corrected chi connectivity index (χ2v) is 8.08. The molecule has 2 aromatic rings. The van der Waals surface area contributed by atoms with Crippen molar-refractivity contribution in [1.82, 2.24) is 9.55 Å². The normalized spacial score (nSPS) is 16.0.